The van der Waals surface area contributed by atoms with Crippen molar-refractivity contribution in [2.24, 2.45) is 0 Å². The summed E-state index contributed by atoms with van der Waals surface area (Å²) < 4.78 is 6.10. The van der Waals surface area contributed by atoms with Crippen LogP contribution in [0.5, 0.6) is 0 Å². The van der Waals surface area contributed by atoms with E-state index in [0.717, 1.165) is 13.2 Å². The number of hydrogen-bond donors (Lipinski definition) is 1. The highest BCUT2D eigenvalue weighted by Crippen LogP contribution is 2.16. The van der Waals surface area contributed by atoms with Gasteiger partial charge in [-0.05, 0) is 52.6 Å². The highest BCUT2D eigenvalue weighted by atomic mass is 16.5. The number of nitrogens with zero attached hydrogens (tertiary/aromatic N) is 1. The van der Waals surface area contributed by atoms with Crippen LogP contribution in [0.1, 0.15) is 46.0 Å². The summed E-state index contributed by atoms with van der Waals surface area (Å²) in [5.74, 6) is 0. The van der Waals surface area contributed by atoms with Crippen molar-refractivity contribution < 1.29 is 4.74 Å². The maximum Gasteiger partial charge on any atom is 0.0703 e. The summed E-state index contributed by atoms with van der Waals surface area (Å²) in [6.45, 7) is 9.03. The highest BCUT2D eigenvalue weighted by molar-refractivity contribution is 4.77. The predicted octanol–water partition coefficient (Wildman–Crippen LogP) is 2.02. The van der Waals surface area contributed by atoms with Crippen molar-refractivity contribution >= 4 is 0 Å². The molecule has 0 amide bonds. The molecular formula is C14H28N2O. The predicted molar refractivity (Wildman–Crippen MR) is 71.3 cm³/mol. The van der Waals surface area contributed by atoms with E-state index in [0.29, 0.717) is 18.2 Å². The van der Waals surface area contributed by atoms with Gasteiger partial charge in [0.2, 0.25) is 0 Å². The van der Waals surface area contributed by atoms with Crippen molar-refractivity contribution in [2.45, 2.75) is 64.1 Å². The molecular weight excluding hydrogens is 212 g/mol. The minimum Gasteiger partial charge on any atom is -0.375 e. The summed E-state index contributed by atoms with van der Waals surface area (Å²) in [5, 5.41) is 3.55. The molecule has 0 spiro atoms. The number of ether oxygens (including phenoxy) is 1. The summed E-state index contributed by atoms with van der Waals surface area (Å²) in [5.41, 5.74) is 0. The van der Waals surface area contributed by atoms with Crippen LogP contribution >= 0.6 is 0 Å². The first-order chi connectivity index (χ1) is 8.25. The molecule has 2 rings (SSSR count). The molecule has 2 atom stereocenters. The minimum atomic E-state index is 0.467. The van der Waals surface area contributed by atoms with Gasteiger partial charge < -0.3 is 10.1 Å². The second kappa shape index (κ2) is 6.72. The molecule has 17 heavy (non-hydrogen) atoms. The third-order valence-electron chi connectivity index (χ3n) is 4.09. The lowest BCUT2D eigenvalue weighted by Gasteiger charge is -2.36. The molecule has 0 aromatic rings. The topological polar surface area (TPSA) is 24.5 Å². The van der Waals surface area contributed by atoms with Crippen molar-refractivity contribution in [3.63, 3.8) is 0 Å². The molecule has 2 fully saturated rings. The van der Waals surface area contributed by atoms with Crippen LogP contribution in [0, 0.1) is 0 Å². The van der Waals surface area contributed by atoms with E-state index in [1.54, 1.807) is 0 Å². The molecule has 2 heterocycles. The first-order valence-electron chi connectivity index (χ1n) is 7.34. The first kappa shape index (κ1) is 13.3. The van der Waals surface area contributed by atoms with Gasteiger partial charge in [0.05, 0.1) is 12.7 Å². The van der Waals surface area contributed by atoms with Gasteiger partial charge in [0, 0.05) is 18.6 Å². The van der Waals surface area contributed by atoms with E-state index in [4.69, 9.17) is 4.74 Å². The molecule has 0 aromatic heterocycles. The second-order valence-corrected chi connectivity index (χ2v) is 5.83. The van der Waals surface area contributed by atoms with Crippen LogP contribution in [0.3, 0.4) is 0 Å². The Morgan fingerprint density at radius 3 is 2.82 bits per heavy atom. The summed E-state index contributed by atoms with van der Waals surface area (Å²) in [4.78, 5) is 2.54. The molecule has 2 aliphatic rings. The lowest BCUT2D eigenvalue weighted by Crippen LogP contribution is -2.45. The van der Waals surface area contributed by atoms with Crippen molar-refractivity contribution in [1.29, 1.82) is 0 Å². The molecule has 3 heteroatoms. The zero-order chi connectivity index (χ0) is 12.1. The first-order valence-corrected chi connectivity index (χ1v) is 7.34. The SMILES string of the molecule is CC(C)N1CCCC(OCC2CCCCN2)C1. The van der Waals surface area contributed by atoms with Crippen LogP contribution in [0.4, 0.5) is 0 Å². The minimum absolute atomic E-state index is 0.467. The van der Waals surface area contributed by atoms with Crippen LogP contribution in [0.25, 0.3) is 0 Å². The Kier molecular flexibility index (Phi) is 5.26. The zero-order valence-electron chi connectivity index (χ0n) is 11.5. The number of rotatable bonds is 4. The molecule has 2 aliphatic heterocycles. The van der Waals surface area contributed by atoms with E-state index >= 15 is 0 Å². The van der Waals surface area contributed by atoms with Gasteiger partial charge in [-0.15, -0.1) is 0 Å². The number of likely N-dealkylation sites (tertiary alicyclic amines) is 1. The normalized spacial score (nSPS) is 31.9. The largest absolute Gasteiger partial charge is 0.375 e. The Bertz CT molecular complexity index is 214. The maximum atomic E-state index is 6.10. The van der Waals surface area contributed by atoms with Crippen molar-refractivity contribution in [2.75, 3.05) is 26.2 Å². The van der Waals surface area contributed by atoms with Crippen LogP contribution < -0.4 is 5.32 Å². The standard InChI is InChI=1S/C14H28N2O/c1-12(2)16-9-5-7-14(10-16)17-11-13-6-3-4-8-15-13/h12-15H,3-11H2,1-2H3. The molecule has 0 saturated carbocycles. The van der Waals surface area contributed by atoms with Crippen molar-refractivity contribution in [1.82, 2.24) is 10.2 Å². The van der Waals surface area contributed by atoms with E-state index in [-0.39, 0.29) is 0 Å². The third kappa shape index (κ3) is 4.23. The van der Waals surface area contributed by atoms with Gasteiger partial charge in [-0.3, -0.25) is 4.90 Å². The second-order valence-electron chi connectivity index (χ2n) is 5.83. The fraction of sp³-hybridized carbons (Fsp3) is 1.00. The van der Waals surface area contributed by atoms with Crippen LogP contribution in [0.2, 0.25) is 0 Å². The Morgan fingerprint density at radius 1 is 1.24 bits per heavy atom. The van der Waals surface area contributed by atoms with Crippen LogP contribution in [0.15, 0.2) is 0 Å². The number of hydrogen-bond acceptors (Lipinski definition) is 3. The van der Waals surface area contributed by atoms with E-state index in [2.05, 4.69) is 24.1 Å². The summed E-state index contributed by atoms with van der Waals surface area (Å²) in [6.07, 6.45) is 7.00. The van der Waals surface area contributed by atoms with Gasteiger partial charge in [0.1, 0.15) is 0 Å². The zero-order valence-corrected chi connectivity index (χ0v) is 11.5. The van der Waals surface area contributed by atoms with Crippen molar-refractivity contribution in [3.05, 3.63) is 0 Å². The van der Waals surface area contributed by atoms with Crippen LogP contribution in [-0.4, -0.2) is 49.3 Å². The van der Waals surface area contributed by atoms with Gasteiger partial charge in [0.25, 0.3) is 0 Å². The molecule has 2 saturated heterocycles. The lowest BCUT2D eigenvalue weighted by atomic mass is 10.0. The summed E-state index contributed by atoms with van der Waals surface area (Å²) >= 11 is 0. The Labute approximate surface area is 106 Å². The van der Waals surface area contributed by atoms with Gasteiger partial charge >= 0.3 is 0 Å². The Hall–Kier alpha value is -0.120. The molecule has 0 radical (unpaired) electrons. The summed E-state index contributed by atoms with van der Waals surface area (Å²) in [6, 6.07) is 1.27. The molecule has 2 unspecified atom stereocenters. The molecule has 100 valence electrons. The molecule has 1 N–H and O–H groups in total. The average Bonchev–Trinajstić information content (AvgIpc) is 2.38. The Balaban J connectivity index is 1.67. The molecule has 0 bridgehead atoms. The van der Waals surface area contributed by atoms with E-state index in [1.807, 2.05) is 0 Å². The van der Waals surface area contributed by atoms with Gasteiger partial charge in [-0.1, -0.05) is 6.42 Å². The fourth-order valence-electron chi connectivity index (χ4n) is 2.89. The average molecular weight is 240 g/mol. The lowest BCUT2D eigenvalue weighted by molar-refractivity contribution is -0.0193. The van der Waals surface area contributed by atoms with Crippen molar-refractivity contribution in [3.8, 4) is 0 Å². The molecule has 0 aromatic carbocycles. The smallest absolute Gasteiger partial charge is 0.0703 e. The summed E-state index contributed by atoms with van der Waals surface area (Å²) in [7, 11) is 0. The number of nitrogens with one attached hydrogen (secondary N) is 1. The third-order valence-corrected chi connectivity index (χ3v) is 4.09. The number of piperidine rings is 2. The maximum absolute atomic E-state index is 6.10. The van der Waals surface area contributed by atoms with E-state index < -0.39 is 0 Å². The van der Waals surface area contributed by atoms with Gasteiger partial charge in [0.15, 0.2) is 0 Å². The Morgan fingerprint density at radius 2 is 2.12 bits per heavy atom. The van der Waals surface area contributed by atoms with E-state index in [9.17, 15) is 0 Å². The van der Waals surface area contributed by atoms with Crippen LogP contribution in [-0.2, 0) is 4.74 Å². The fourth-order valence-corrected chi connectivity index (χ4v) is 2.89. The molecule has 3 nitrogen and oxygen atoms in total. The van der Waals surface area contributed by atoms with Gasteiger partial charge in [-0.2, -0.15) is 0 Å². The molecule has 0 aliphatic carbocycles. The highest BCUT2D eigenvalue weighted by Gasteiger charge is 2.23. The van der Waals surface area contributed by atoms with E-state index in [1.165, 1.54) is 45.2 Å². The monoisotopic (exact) mass is 240 g/mol. The quantitative estimate of drug-likeness (QED) is 0.813. The van der Waals surface area contributed by atoms with Gasteiger partial charge in [-0.25, -0.2) is 0 Å².